The van der Waals surface area contributed by atoms with Gasteiger partial charge in [0.2, 0.25) is 22.7 Å². The van der Waals surface area contributed by atoms with E-state index in [1.54, 1.807) is 18.2 Å². The molecule has 0 saturated carbocycles. The first-order chi connectivity index (χ1) is 13.8. The Morgan fingerprint density at radius 3 is 2.45 bits per heavy atom. The summed E-state index contributed by atoms with van der Waals surface area (Å²) in [5, 5.41) is 2.69. The summed E-state index contributed by atoms with van der Waals surface area (Å²) < 4.78 is 40.4. The van der Waals surface area contributed by atoms with E-state index in [0.717, 1.165) is 16.1 Å². The molecule has 0 aromatic heterocycles. The molecule has 0 spiro atoms. The highest BCUT2D eigenvalue weighted by atomic mass is 32.2. The molecule has 0 bridgehead atoms. The van der Waals surface area contributed by atoms with E-state index in [2.05, 4.69) is 10.1 Å². The topological polar surface area (TPSA) is 111 Å². The van der Waals surface area contributed by atoms with Crippen LogP contribution in [0.4, 0.5) is 5.69 Å². The number of carbonyl (C=O) groups excluding carboxylic acids is 2. The van der Waals surface area contributed by atoms with Crippen molar-refractivity contribution in [3.05, 3.63) is 53.6 Å². The van der Waals surface area contributed by atoms with Gasteiger partial charge in [-0.25, -0.2) is 13.2 Å². The maximum absolute atomic E-state index is 12.4. The molecule has 2 aromatic carbocycles. The van der Waals surface area contributed by atoms with Crippen molar-refractivity contribution in [2.45, 2.75) is 6.54 Å². The fourth-order valence-corrected chi connectivity index (χ4v) is 3.58. The third-order valence-electron chi connectivity index (χ3n) is 4.19. The Kier molecular flexibility index (Phi) is 5.92. The van der Waals surface area contributed by atoms with E-state index in [9.17, 15) is 18.0 Å². The number of anilines is 1. The van der Waals surface area contributed by atoms with Crippen LogP contribution in [0.1, 0.15) is 15.9 Å². The van der Waals surface area contributed by atoms with Gasteiger partial charge in [0.05, 0.1) is 24.6 Å². The Morgan fingerprint density at radius 2 is 1.79 bits per heavy atom. The van der Waals surface area contributed by atoms with Crippen molar-refractivity contribution in [1.82, 2.24) is 5.32 Å². The quantitative estimate of drug-likeness (QED) is 0.672. The van der Waals surface area contributed by atoms with Gasteiger partial charge in [0.1, 0.15) is 6.54 Å². The third-order valence-corrected chi connectivity index (χ3v) is 5.33. The molecule has 0 radical (unpaired) electrons. The molecule has 2 aromatic rings. The lowest BCUT2D eigenvalue weighted by atomic mass is 10.2. The van der Waals surface area contributed by atoms with Crippen molar-refractivity contribution in [1.29, 1.82) is 0 Å². The van der Waals surface area contributed by atoms with Gasteiger partial charge in [-0.2, -0.15) is 0 Å². The van der Waals surface area contributed by atoms with E-state index in [-0.39, 0.29) is 24.6 Å². The number of methoxy groups -OCH3 is 1. The van der Waals surface area contributed by atoms with Crippen molar-refractivity contribution >= 4 is 27.6 Å². The van der Waals surface area contributed by atoms with Crippen LogP contribution in [0.25, 0.3) is 0 Å². The summed E-state index contributed by atoms with van der Waals surface area (Å²) in [6.07, 6.45) is 1.01. The predicted molar refractivity (Wildman–Crippen MR) is 104 cm³/mol. The van der Waals surface area contributed by atoms with Crippen LogP contribution in [0.5, 0.6) is 11.5 Å². The molecule has 1 aliphatic heterocycles. The highest BCUT2D eigenvalue weighted by Gasteiger charge is 2.21. The summed E-state index contributed by atoms with van der Waals surface area (Å²) in [6.45, 7) is -0.0431. The summed E-state index contributed by atoms with van der Waals surface area (Å²) in [7, 11) is -2.47. The molecule has 9 nitrogen and oxygen atoms in total. The third kappa shape index (κ3) is 4.96. The number of sulfonamides is 1. The highest BCUT2D eigenvalue weighted by molar-refractivity contribution is 7.92. The Morgan fingerprint density at radius 1 is 1.10 bits per heavy atom. The second-order valence-corrected chi connectivity index (χ2v) is 8.18. The minimum Gasteiger partial charge on any atom is -0.465 e. The van der Waals surface area contributed by atoms with Gasteiger partial charge in [-0.1, -0.05) is 6.07 Å². The van der Waals surface area contributed by atoms with Gasteiger partial charge in [-0.3, -0.25) is 9.10 Å². The largest absolute Gasteiger partial charge is 0.465 e. The number of carbonyl (C=O) groups is 2. The molecule has 0 unspecified atom stereocenters. The first kappa shape index (κ1) is 20.5. The minimum atomic E-state index is -3.72. The predicted octanol–water partition coefficient (Wildman–Crippen LogP) is 1.28. The molecule has 1 amide bonds. The second-order valence-electron chi connectivity index (χ2n) is 6.27. The number of hydrogen-bond acceptors (Lipinski definition) is 7. The molecule has 0 fully saturated rings. The second kappa shape index (κ2) is 8.39. The van der Waals surface area contributed by atoms with E-state index in [0.29, 0.717) is 11.5 Å². The van der Waals surface area contributed by atoms with Gasteiger partial charge in [0.15, 0.2) is 11.5 Å². The van der Waals surface area contributed by atoms with Gasteiger partial charge >= 0.3 is 5.97 Å². The summed E-state index contributed by atoms with van der Waals surface area (Å²) in [5.41, 5.74) is 1.33. The number of nitrogens with zero attached hydrogens (tertiary/aromatic N) is 1. The number of ether oxygens (including phenoxy) is 3. The number of rotatable bonds is 7. The fraction of sp³-hybridized carbons (Fsp3) is 0.263. The van der Waals surface area contributed by atoms with Crippen LogP contribution in [0.3, 0.4) is 0 Å². The van der Waals surface area contributed by atoms with E-state index in [1.807, 2.05) is 0 Å². The maximum atomic E-state index is 12.4. The van der Waals surface area contributed by atoms with E-state index in [4.69, 9.17) is 9.47 Å². The van der Waals surface area contributed by atoms with Crippen LogP contribution in [0.2, 0.25) is 0 Å². The van der Waals surface area contributed by atoms with Gasteiger partial charge < -0.3 is 19.5 Å². The molecule has 1 heterocycles. The van der Waals surface area contributed by atoms with Crippen molar-refractivity contribution in [3.63, 3.8) is 0 Å². The van der Waals surface area contributed by atoms with Gasteiger partial charge in [-0.15, -0.1) is 0 Å². The van der Waals surface area contributed by atoms with Crippen LogP contribution < -0.4 is 19.1 Å². The zero-order valence-electron chi connectivity index (χ0n) is 15.9. The number of fused-ring (bicyclic) bond motifs is 1. The summed E-state index contributed by atoms with van der Waals surface area (Å²) >= 11 is 0. The molecule has 3 rings (SSSR count). The van der Waals surface area contributed by atoms with Crippen LogP contribution in [0.15, 0.2) is 42.5 Å². The first-order valence-electron chi connectivity index (χ1n) is 8.59. The number of esters is 1. The molecule has 154 valence electrons. The van der Waals surface area contributed by atoms with E-state index < -0.39 is 28.4 Å². The lowest BCUT2D eigenvalue weighted by Crippen LogP contribution is -2.40. The summed E-state index contributed by atoms with van der Waals surface area (Å²) in [5.74, 6) is 0.216. The van der Waals surface area contributed by atoms with Crippen molar-refractivity contribution in [2.75, 3.05) is 31.0 Å². The highest BCUT2D eigenvalue weighted by Crippen LogP contribution is 2.32. The molecular formula is C19H20N2O7S. The SMILES string of the molecule is COC(=O)c1ccc(N(CC(=O)NCc2ccc3c(c2)OCO3)S(C)(=O)=O)cc1. The molecular weight excluding hydrogens is 400 g/mol. The van der Waals surface area contributed by atoms with Gasteiger partial charge in [0.25, 0.3) is 0 Å². The Hall–Kier alpha value is -3.27. The average Bonchev–Trinajstić information content (AvgIpc) is 3.17. The zero-order chi connectivity index (χ0) is 21.0. The monoisotopic (exact) mass is 420 g/mol. The summed E-state index contributed by atoms with van der Waals surface area (Å²) in [4.78, 5) is 23.9. The molecule has 0 saturated heterocycles. The fourth-order valence-electron chi connectivity index (χ4n) is 2.72. The lowest BCUT2D eigenvalue weighted by Gasteiger charge is -2.22. The van der Waals surface area contributed by atoms with Crippen LogP contribution in [0, 0.1) is 0 Å². The minimum absolute atomic E-state index is 0.156. The molecule has 29 heavy (non-hydrogen) atoms. The van der Waals surface area contributed by atoms with E-state index in [1.165, 1.54) is 31.4 Å². The number of amides is 1. The van der Waals surface area contributed by atoms with E-state index >= 15 is 0 Å². The van der Waals surface area contributed by atoms with Crippen molar-refractivity contribution in [2.24, 2.45) is 0 Å². The smallest absolute Gasteiger partial charge is 0.337 e. The molecule has 1 N–H and O–H groups in total. The number of benzene rings is 2. The Bertz CT molecular complexity index is 1020. The van der Waals surface area contributed by atoms with Crippen molar-refractivity contribution in [3.8, 4) is 11.5 Å². The number of nitrogens with one attached hydrogen (secondary N) is 1. The van der Waals surface area contributed by atoms with Crippen LogP contribution in [-0.2, 0) is 26.1 Å². The van der Waals surface area contributed by atoms with Gasteiger partial charge in [-0.05, 0) is 42.0 Å². The number of hydrogen-bond donors (Lipinski definition) is 1. The molecule has 1 aliphatic rings. The average molecular weight is 420 g/mol. The maximum Gasteiger partial charge on any atom is 0.337 e. The Labute approximate surface area is 168 Å². The molecule has 10 heteroatoms. The normalized spacial score (nSPS) is 12.3. The molecule has 0 aliphatic carbocycles. The van der Waals surface area contributed by atoms with Crippen molar-refractivity contribution < 1.29 is 32.2 Å². The standard InChI is InChI=1S/C19H20N2O7S/c1-26-19(23)14-4-6-15(7-5-14)21(29(2,24)25)11-18(22)20-10-13-3-8-16-17(9-13)28-12-27-16/h3-9H,10-12H2,1-2H3,(H,20,22). The van der Waals surface area contributed by atoms with Gasteiger partial charge in [0, 0.05) is 6.54 Å². The Balaban J connectivity index is 1.67. The molecule has 0 atom stereocenters. The van der Waals surface area contributed by atoms with Crippen LogP contribution in [-0.4, -0.2) is 47.0 Å². The first-order valence-corrected chi connectivity index (χ1v) is 10.4. The van der Waals surface area contributed by atoms with Crippen LogP contribution >= 0.6 is 0 Å². The zero-order valence-corrected chi connectivity index (χ0v) is 16.7. The summed E-state index contributed by atoms with van der Waals surface area (Å²) in [6, 6.07) is 11.0. The lowest BCUT2D eigenvalue weighted by molar-refractivity contribution is -0.119.